The Bertz CT molecular complexity index is 3550. The molecule has 2 heterocycles. The van der Waals surface area contributed by atoms with Gasteiger partial charge in [-0.2, -0.15) is 0 Å². The van der Waals surface area contributed by atoms with Crippen LogP contribution in [0.5, 0.6) is 0 Å². The molecule has 1 aliphatic carbocycles. The topological polar surface area (TPSA) is 51.8 Å². The normalized spacial score (nSPS) is 12.7. The van der Waals surface area contributed by atoms with Crippen LogP contribution >= 0.6 is 0 Å². The van der Waals surface area contributed by atoms with Crippen molar-refractivity contribution < 1.29 is 4.42 Å². The van der Waals surface area contributed by atoms with Gasteiger partial charge in [-0.3, -0.25) is 0 Å². The number of fused-ring (bicyclic) bond motifs is 6. The van der Waals surface area contributed by atoms with Crippen molar-refractivity contribution in [3.63, 3.8) is 0 Å². The van der Waals surface area contributed by atoms with E-state index in [4.69, 9.17) is 19.4 Å². The van der Waals surface area contributed by atoms with Crippen molar-refractivity contribution in [2.45, 2.75) is 19.3 Å². The Morgan fingerprint density at radius 2 is 0.781 bits per heavy atom. The average molecular weight is 820 g/mol. The lowest BCUT2D eigenvalue weighted by molar-refractivity contribution is 0.660. The lowest BCUT2D eigenvalue weighted by atomic mass is 9.82. The highest BCUT2D eigenvalue weighted by atomic mass is 16.3. The van der Waals surface area contributed by atoms with Crippen LogP contribution in [-0.4, -0.2) is 15.0 Å². The van der Waals surface area contributed by atoms with Gasteiger partial charge in [-0.1, -0.05) is 196 Å². The van der Waals surface area contributed by atoms with E-state index in [0.29, 0.717) is 17.5 Å². The van der Waals surface area contributed by atoms with Crippen LogP contribution in [0, 0.1) is 0 Å². The predicted octanol–water partition coefficient (Wildman–Crippen LogP) is 15.7. The van der Waals surface area contributed by atoms with Crippen LogP contribution < -0.4 is 0 Å². The van der Waals surface area contributed by atoms with Gasteiger partial charge < -0.3 is 4.42 Å². The SMILES string of the molecule is CC1(C)c2ccccc2-c2cc(-c3cccc(-c4nc(-c5ccc(-c6ccccc6)cc5)nc(-c5ccc6c(c5)oc5cccc(-c7ccc(-c8ccccc8)cc7)c56)n4)c3)ccc21. The second kappa shape index (κ2) is 15.0. The number of hydrogen-bond acceptors (Lipinski definition) is 4. The van der Waals surface area contributed by atoms with E-state index in [2.05, 4.69) is 208 Å². The molecule has 0 bridgehead atoms. The number of benzene rings is 9. The molecule has 0 atom stereocenters. The van der Waals surface area contributed by atoms with Crippen LogP contribution in [0.25, 0.3) is 112 Å². The first kappa shape index (κ1) is 37.5. The third kappa shape index (κ3) is 6.42. The van der Waals surface area contributed by atoms with Crippen LogP contribution in [0.15, 0.2) is 217 Å². The number of furan rings is 1. The maximum absolute atomic E-state index is 6.61. The highest BCUT2D eigenvalue weighted by Crippen LogP contribution is 2.49. The Labute approximate surface area is 372 Å². The van der Waals surface area contributed by atoms with E-state index in [9.17, 15) is 0 Å². The van der Waals surface area contributed by atoms with Gasteiger partial charge in [0, 0.05) is 32.9 Å². The Hall–Kier alpha value is -8.21. The Morgan fingerprint density at radius 1 is 0.312 bits per heavy atom. The summed E-state index contributed by atoms with van der Waals surface area (Å²) in [6.07, 6.45) is 0. The average Bonchev–Trinajstić information content (AvgIpc) is 3.85. The third-order valence-electron chi connectivity index (χ3n) is 13.0. The molecule has 11 aromatic rings. The molecule has 0 N–H and O–H groups in total. The van der Waals surface area contributed by atoms with E-state index in [1.165, 1.54) is 33.4 Å². The Morgan fingerprint density at radius 3 is 1.48 bits per heavy atom. The van der Waals surface area contributed by atoms with Crippen LogP contribution in [0.1, 0.15) is 25.0 Å². The number of aromatic nitrogens is 3. The van der Waals surface area contributed by atoms with E-state index >= 15 is 0 Å². The maximum Gasteiger partial charge on any atom is 0.164 e. The number of nitrogens with zero attached hydrogens (tertiary/aromatic N) is 3. The zero-order valence-corrected chi connectivity index (χ0v) is 35.5. The maximum atomic E-state index is 6.61. The van der Waals surface area contributed by atoms with E-state index in [1.807, 2.05) is 18.2 Å². The molecule has 0 radical (unpaired) electrons. The third-order valence-corrected chi connectivity index (χ3v) is 13.0. The summed E-state index contributed by atoms with van der Waals surface area (Å²) in [6, 6.07) is 75.0. The van der Waals surface area contributed by atoms with Gasteiger partial charge in [-0.25, -0.2) is 15.0 Å². The molecule has 0 saturated carbocycles. The summed E-state index contributed by atoms with van der Waals surface area (Å²) >= 11 is 0. The summed E-state index contributed by atoms with van der Waals surface area (Å²) in [5.74, 6) is 1.79. The lowest BCUT2D eigenvalue weighted by Gasteiger charge is -2.21. The van der Waals surface area contributed by atoms with Gasteiger partial charge in [0.15, 0.2) is 17.5 Å². The van der Waals surface area contributed by atoms with Crippen molar-refractivity contribution in [3.05, 3.63) is 223 Å². The van der Waals surface area contributed by atoms with Gasteiger partial charge >= 0.3 is 0 Å². The summed E-state index contributed by atoms with van der Waals surface area (Å²) < 4.78 is 6.61. The monoisotopic (exact) mass is 819 g/mol. The fraction of sp³-hybridized carbons (Fsp3) is 0.0500. The molecular weight excluding hydrogens is 779 g/mol. The lowest BCUT2D eigenvalue weighted by Crippen LogP contribution is -2.14. The molecule has 0 saturated heterocycles. The van der Waals surface area contributed by atoms with Crippen LogP contribution in [-0.2, 0) is 5.41 Å². The van der Waals surface area contributed by atoms with Gasteiger partial charge in [0.1, 0.15) is 11.2 Å². The summed E-state index contributed by atoms with van der Waals surface area (Å²) in [5, 5.41) is 2.13. The second-order valence-electron chi connectivity index (χ2n) is 17.2. The molecule has 0 amide bonds. The number of rotatable bonds is 7. The Balaban J connectivity index is 0.955. The van der Waals surface area contributed by atoms with Crippen LogP contribution in [0.4, 0.5) is 0 Å². The van der Waals surface area contributed by atoms with Crippen molar-refractivity contribution >= 4 is 21.9 Å². The summed E-state index contributed by atoms with van der Waals surface area (Å²) in [5.41, 5.74) is 18.8. The molecule has 9 aromatic carbocycles. The minimum absolute atomic E-state index is 0.0495. The molecule has 4 nitrogen and oxygen atoms in total. The zero-order valence-electron chi connectivity index (χ0n) is 35.5. The van der Waals surface area contributed by atoms with E-state index in [0.717, 1.165) is 72.0 Å². The van der Waals surface area contributed by atoms with Gasteiger partial charge in [-0.05, 0) is 97.1 Å². The summed E-state index contributed by atoms with van der Waals surface area (Å²) in [4.78, 5) is 15.5. The van der Waals surface area contributed by atoms with Crippen molar-refractivity contribution in [2.75, 3.05) is 0 Å². The fourth-order valence-corrected chi connectivity index (χ4v) is 9.62. The van der Waals surface area contributed by atoms with Gasteiger partial charge in [0.2, 0.25) is 0 Å². The van der Waals surface area contributed by atoms with Crippen molar-refractivity contribution in [2.24, 2.45) is 0 Å². The molecule has 0 aliphatic heterocycles. The molecule has 2 aromatic heterocycles. The van der Waals surface area contributed by atoms with Crippen molar-refractivity contribution in [1.82, 2.24) is 15.0 Å². The minimum atomic E-state index is -0.0495. The van der Waals surface area contributed by atoms with Crippen molar-refractivity contribution in [3.8, 4) is 89.8 Å². The minimum Gasteiger partial charge on any atom is -0.456 e. The predicted molar refractivity (Wildman–Crippen MR) is 263 cm³/mol. The molecule has 0 unspecified atom stereocenters. The Kier molecular flexibility index (Phi) is 8.80. The molecule has 0 spiro atoms. The highest BCUT2D eigenvalue weighted by Gasteiger charge is 2.35. The standard InChI is InChI=1S/C60H41N3O/c1-60(2)52-21-10-9-19-49(52)51-36-45(32-34-53(51)60)44-17-11-18-46(35-44)58-61-57(43-29-25-41(26-30-43)39-15-7-4-8-16-39)62-59(63-58)47-31-33-50-55(37-47)64-54-22-12-20-48(56(50)54)42-27-23-40(24-28-42)38-13-5-3-6-14-38/h3-37H,1-2H3. The van der Waals surface area contributed by atoms with Crippen LogP contribution in [0.2, 0.25) is 0 Å². The first-order valence-electron chi connectivity index (χ1n) is 21.8. The quantitative estimate of drug-likeness (QED) is 0.161. The number of hydrogen-bond donors (Lipinski definition) is 0. The molecule has 64 heavy (non-hydrogen) atoms. The molecular formula is C60H41N3O. The molecule has 0 fully saturated rings. The molecule has 1 aliphatic rings. The largest absolute Gasteiger partial charge is 0.456 e. The molecule has 12 rings (SSSR count). The first-order chi connectivity index (χ1) is 31.4. The van der Waals surface area contributed by atoms with Gasteiger partial charge in [0.25, 0.3) is 0 Å². The van der Waals surface area contributed by atoms with E-state index < -0.39 is 0 Å². The fourth-order valence-electron chi connectivity index (χ4n) is 9.62. The summed E-state index contributed by atoms with van der Waals surface area (Å²) in [6.45, 7) is 4.64. The van der Waals surface area contributed by atoms with Gasteiger partial charge in [-0.15, -0.1) is 0 Å². The second-order valence-corrected chi connectivity index (χ2v) is 17.2. The van der Waals surface area contributed by atoms with Crippen LogP contribution in [0.3, 0.4) is 0 Å². The molecule has 302 valence electrons. The highest BCUT2D eigenvalue weighted by molar-refractivity contribution is 6.13. The molecule has 4 heteroatoms. The first-order valence-corrected chi connectivity index (χ1v) is 21.8. The van der Waals surface area contributed by atoms with Crippen molar-refractivity contribution in [1.29, 1.82) is 0 Å². The zero-order chi connectivity index (χ0) is 42.8. The van der Waals surface area contributed by atoms with E-state index in [1.54, 1.807) is 0 Å². The van der Waals surface area contributed by atoms with Gasteiger partial charge in [0.05, 0.1) is 0 Å². The smallest absolute Gasteiger partial charge is 0.164 e. The summed E-state index contributed by atoms with van der Waals surface area (Å²) in [7, 11) is 0. The van der Waals surface area contributed by atoms with E-state index in [-0.39, 0.29) is 5.41 Å².